The van der Waals surface area contributed by atoms with Crippen molar-refractivity contribution in [3.63, 3.8) is 0 Å². The van der Waals surface area contributed by atoms with Crippen LogP contribution in [0.4, 0.5) is 0 Å². The molecule has 4 rings (SSSR count). The topological polar surface area (TPSA) is 44.5 Å². The van der Waals surface area contributed by atoms with Crippen molar-refractivity contribution in [1.82, 2.24) is 0 Å². The molecule has 1 aromatic rings. The fourth-order valence-corrected chi connectivity index (χ4v) is 3.21. The van der Waals surface area contributed by atoms with Crippen molar-refractivity contribution in [2.45, 2.75) is 56.3 Å². The molecule has 1 atom stereocenters. The van der Waals surface area contributed by atoms with Crippen molar-refractivity contribution in [3.05, 3.63) is 23.8 Å². The van der Waals surface area contributed by atoms with E-state index in [0.717, 1.165) is 24.3 Å². The molecule has 0 aromatic heterocycles. The van der Waals surface area contributed by atoms with Crippen molar-refractivity contribution in [2.24, 2.45) is 5.73 Å². The van der Waals surface area contributed by atoms with E-state index in [1.807, 2.05) is 0 Å². The molecular weight excluding hydrogens is 226 g/mol. The zero-order valence-corrected chi connectivity index (χ0v) is 10.7. The molecule has 3 nitrogen and oxygen atoms in total. The molecule has 3 aliphatic rings. The average molecular weight is 245 g/mol. The van der Waals surface area contributed by atoms with Gasteiger partial charge in [-0.15, -0.1) is 0 Å². The van der Waals surface area contributed by atoms with E-state index < -0.39 is 0 Å². The monoisotopic (exact) mass is 245 g/mol. The highest BCUT2D eigenvalue weighted by atomic mass is 16.7. The summed E-state index contributed by atoms with van der Waals surface area (Å²) in [6.45, 7) is 2.10. The van der Waals surface area contributed by atoms with Gasteiger partial charge in [0, 0.05) is 24.3 Å². The Kier molecular flexibility index (Phi) is 1.90. The largest absolute Gasteiger partial charge is 0.448 e. The first kappa shape index (κ1) is 10.7. The molecule has 0 bridgehead atoms. The van der Waals surface area contributed by atoms with Crippen LogP contribution < -0.4 is 15.2 Å². The van der Waals surface area contributed by atoms with Gasteiger partial charge in [0.25, 0.3) is 5.79 Å². The number of hydrogen-bond acceptors (Lipinski definition) is 3. The lowest BCUT2D eigenvalue weighted by atomic mass is 9.89. The van der Waals surface area contributed by atoms with E-state index in [-0.39, 0.29) is 17.2 Å². The minimum atomic E-state index is -0.327. The Morgan fingerprint density at radius 1 is 1.11 bits per heavy atom. The summed E-state index contributed by atoms with van der Waals surface area (Å²) in [5.74, 6) is 1.49. The summed E-state index contributed by atoms with van der Waals surface area (Å²) < 4.78 is 11.9. The van der Waals surface area contributed by atoms with Gasteiger partial charge < -0.3 is 15.2 Å². The van der Waals surface area contributed by atoms with Crippen LogP contribution in [0.3, 0.4) is 0 Å². The number of fused-ring (bicyclic) bond motifs is 1. The Hall–Kier alpha value is -1.22. The Bertz CT molecular complexity index is 501. The maximum absolute atomic E-state index is 6.13. The predicted molar refractivity (Wildman–Crippen MR) is 68.8 cm³/mol. The molecule has 1 unspecified atom stereocenters. The van der Waals surface area contributed by atoms with Gasteiger partial charge in [0.2, 0.25) is 0 Å². The van der Waals surface area contributed by atoms with Crippen molar-refractivity contribution in [1.29, 1.82) is 0 Å². The molecule has 1 heterocycles. The summed E-state index contributed by atoms with van der Waals surface area (Å²) in [6.07, 6.45) is 5.60. The van der Waals surface area contributed by atoms with Crippen molar-refractivity contribution >= 4 is 0 Å². The summed E-state index contributed by atoms with van der Waals surface area (Å²) >= 11 is 0. The van der Waals surface area contributed by atoms with Crippen LogP contribution in [0.1, 0.15) is 44.6 Å². The lowest BCUT2D eigenvalue weighted by Gasteiger charge is -2.35. The zero-order chi connectivity index (χ0) is 12.4. The molecule has 2 N–H and O–H groups in total. The van der Waals surface area contributed by atoms with Crippen molar-refractivity contribution in [2.75, 3.05) is 0 Å². The summed E-state index contributed by atoms with van der Waals surface area (Å²) in [4.78, 5) is 0. The van der Waals surface area contributed by atoms with Crippen LogP contribution in [0, 0.1) is 0 Å². The number of ether oxygens (including phenoxy) is 2. The molecule has 96 valence electrons. The summed E-state index contributed by atoms with van der Waals surface area (Å²) in [6, 6.07) is 6.57. The Morgan fingerprint density at radius 3 is 2.39 bits per heavy atom. The third-order valence-corrected chi connectivity index (χ3v) is 4.89. The van der Waals surface area contributed by atoms with Crippen LogP contribution in [0.5, 0.6) is 11.5 Å². The highest BCUT2D eigenvalue weighted by Gasteiger charge is 2.50. The molecule has 18 heavy (non-hydrogen) atoms. The number of nitrogens with two attached hydrogens (primary N) is 1. The van der Waals surface area contributed by atoms with Gasteiger partial charge in [-0.1, -0.05) is 6.07 Å². The van der Waals surface area contributed by atoms with E-state index in [4.69, 9.17) is 15.2 Å². The van der Waals surface area contributed by atoms with Gasteiger partial charge in [-0.25, -0.2) is 0 Å². The van der Waals surface area contributed by atoms with Gasteiger partial charge in [0.1, 0.15) is 0 Å². The minimum absolute atomic E-state index is 0.188. The van der Waals surface area contributed by atoms with Crippen molar-refractivity contribution < 1.29 is 9.47 Å². The van der Waals surface area contributed by atoms with E-state index >= 15 is 0 Å². The predicted octanol–water partition coefficient (Wildman–Crippen LogP) is 2.72. The third-order valence-electron chi connectivity index (χ3n) is 4.89. The molecule has 1 aliphatic heterocycles. The van der Waals surface area contributed by atoms with Crippen LogP contribution >= 0.6 is 0 Å². The van der Waals surface area contributed by atoms with Gasteiger partial charge in [-0.2, -0.15) is 0 Å². The summed E-state index contributed by atoms with van der Waals surface area (Å²) in [5.41, 5.74) is 7.63. The Morgan fingerprint density at radius 2 is 1.83 bits per heavy atom. The first-order valence-corrected chi connectivity index (χ1v) is 6.92. The van der Waals surface area contributed by atoms with Gasteiger partial charge in [-0.3, -0.25) is 0 Å². The van der Waals surface area contributed by atoms with Crippen molar-refractivity contribution in [3.8, 4) is 11.5 Å². The molecule has 1 aromatic carbocycles. The SMILES string of the molecule is CC(N)C1(c2ccc3c(c2)OC2(CCC2)O3)CC1. The molecule has 0 radical (unpaired) electrons. The molecule has 1 spiro atoms. The van der Waals surface area contributed by atoms with Crippen LogP contribution in [0.25, 0.3) is 0 Å². The maximum atomic E-state index is 6.13. The fourth-order valence-electron chi connectivity index (χ4n) is 3.21. The molecule has 2 aliphatic carbocycles. The molecule has 2 saturated carbocycles. The number of rotatable bonds is 2. The number of benzene rings is 1. The Balaban J connectivity index is 1.68. The van der Waals surface area contributed by atoms with E-state index in [9.17, 15) is 0 Å². The van der Waals surface area contributed by atoms with Gasteiger partial charge >= 0.3 is 0 Å². The molecule has 2 fully saturated rings. The number of hydrogen-bond donors (Lipinski definition) is 1. The first-order chi connectivity index (χ1) is 8.64. The molecular formula is C15H19NO2. The van der Waals surface area contributed by atoms with Crippen LogP contribution in [-0.4, -0.2) is 11.8 Å². The second kappa shape index (κ2) is 3.21. The zero-order valence-electron chi connectivity index (χ0n) is 10.7. The van der Waals surface area contributed by atoms with Crippen LogP contribution in [-0.2, 0) is 5.41 Å². The Labute approximate surface area is 107 Å². The highest BCUT2D eigenvalue weighted by Crippen LogP contribution is 2.54. The maximum Gasteiger partial charge on any atom is 0.251 e. The van der Waals surface area contributed by atoms with Crippen LogP contribution in [0.2, 0.25) is 0 Å². The molecule has 3 heteroatoms. The second-order valence-electron chi connectivity index (χ2n) is 6.07. The second-order valence-corrected chi connectivity index (χ2v) is 6.07. The standard InChI is InChI=1S/C15H19NO2/c1-10(16)14(7-8-14)11-3-4-12-13(9-11)18-15(17-12)5-2-6-15/h3-4,9-10H,2,5-8,16H2,1H3. The fraction of sp³-hybridized carbons (Fsp3) is 0.600. The summed E-state index contributed by atoms with van der Waals surface area (Å²) in [7, 11) is 0. The van der Waals surface area contributed by atoms with E-state index in [2.05, 4.69) is 25.1 Å². The van der Waals surface area contributed by atoms with E-state index in [1.165, 1.54) is 24.8 Å². The smallest absolute Gasteiger partial charge is 0.251 e. The normalized spacial score (nSPS) is 26.8. The lowest BCUT2D eigenvalue weighted by Crippen LogP contribution is -2.45. The molecule has 0 saturated heterocycles. The average Bonchev–Trinajstić information content (AvgIpc) is 3.01. The summed E-state index contributed by atoms with van der Waals surface area (Å²) in [5, 5.41) is 0. The first-order valence-electron chi connectivity index (χ1n) is 6.92. The highest BCUT2D eigenvalue weighted by molar-refractivity contribution is 5.50. The minimum Gasteiger partial charge on any atom is -0.448 e. The molecule has 0 amide bonds. The van der Waals surface area contributed by atoms with Gasteiger partial charge in [-0.05, 0) is 43.9 Å². The van der Waals surface area contributed by atoms with E-state index in [1.54, 1.807) is 0 Å². The lowest BCUT2D eigenvalue weighted by molar-refractivity contribution is -0.138. The van der Waals surface area contributed by atoms with Gasteiger partial charge in [0.15, 0.2) is 11.5 Å². The quantitative estimate of drug-likeness (QED) is 0.871. The van der Waals surface area contributed by atoms with E-state index in [0.29, 0.717) is 0 Å². The third kappa shape index (κ3) is 1.28. The van der Waals surface area contributed by atoms with Crippen LogP contribution in [0.15, 0.2) is 18.2 Å². The van der Waals surface area contributed by atoms with Gasteiger partial charge in [0.05, 0.1) is 0 Å².